The number of hydrogen-bond acceptors (Lipinski definition) is 5. The summed E-state index contributed by atoms with van der Waals surface area (Å²) >= 11 is 0. The molecule has 134 valence electrons. The molecule has 0 saturated heterocycles. The van der Waals surface area contributed by atoms with Gasteiger partial charge in [0.05, 0.1) is 32.3 Å². The first-order chi connectivity index (χ1) is 13.3. The van der Waals surface area contributed by atoms with Crippen LogP contribution in [0.15, 0.2) is 73.2 Å². The molecule has 0 aliphatic heterocycles. The van der Waals surface area contributed by atoms with Crippen LogP contribution in [0.25, 0.3) is 28.1 Å². The average Bonchev–Trinajstić information content (AvgIpc) is 3.24. The fraction of sp³-hybridized carbons (Fsp3) is 0.0952. The molecule has 0 bridgehead atoms. The van der Waals surface area contributed by atoms with Gasteiger partial charge in [0.1, 0.15) is 17.2 Å². The lowest BCUT2D eigenvalue weighted by Crippen LogP contribution is -1.94. The van der Waals surface area contributed by atoms with Crippen molar-refractivity contribution in [2.75, 3.05) is 14.2 Å². The van der Waals surface area contributed by atoms with E-state index in [2.05, 4.69) is 15.3 Å². The summed E-state index contributed by atoms with van der Waals surface area (Å²) in [5.74, 6) is 1.58. The topological polar surface area (TPSA) is 62.1 Å². The van der Waals surface area contributed by atoms with E-state index in [9.17, 15) is 0 Å². The normalized spacial score (nSPS) is 10.6. The van der Waals surface area contributed by atoms with Crippen molar-refractivity contribution in [2.45, 2.75) is 0 Å². The van der Waals surface area contributed by atoms with E-state index in [0.29, 0.717) is 0 Å². The second kappa shape index (κ2) is 7.29. The van der Waals surface area contributed by atoms with Crippen LogP contribution >= 0.6 is 0 Å². The van der Waals surface area contributed by atoms with E-state index in [4.69, 9.17) is 9.47 Å². The largest absolute Gasteiger partial charge is 0.497 e. The second-order valence-corrected chi connectivity index (χ2v) is 5.90. The first-order valence-electron chi connectivity index (χ1n) is 8.44. The Kier molecular flexibility index (Phi) is 4.53. The van der Waals surface area contributed by atoms with E-state index in [1.807, 2.05) is 60.8 Å². The van der Waals surface area contributed by atoms with E-state index in [-0.39, 0.29) is 0 Å². The van der Waals surface area contributed by atoms with E-state index < -0.39 is 0 Å². The maximum atomic E-state index is 5.48. The van der Waals surface area contributed by atoms with Crippen LogP contribution in [-0.4, -0.2) is 34.2 Å². The Morgan fingerprint density at radius 3 is 2.41 bits per heavy atom. The lowest BCUT2D eigenvalue weighted by atomic mass is 10.0. The number of hydrogen-bond donors (Lipinski definition) is 0. The summed E-state index contributed by atoms with van der Waals surface area (Å²) in [7, 11) is 3.32. The van der Waals surface area contributed by atoms with Crippen molar-refractivity contribution < 1.29 is 9.47 Å². The third-order valence-electron chi connectivity index (χ3n) is 4.30. The number of methoxy groups -OCH3 is 2. The summed E-state index contributed by atoms with van der Waals surface area (Å²) in [4.78, 5) is 4.11. The fourth-order valence-corrected chi connectivity index (χ4v) is 2.87. The molecule has 27 heavy (non-hydrogen) atoms. The highest BCUT2D eigenvalue weighted by atomic mass is 16.5. The number of aromatic nitrogens is 4. The van der Waals surface area contributed by atoms with Crippen LogP contribution in [0, 0.1) is 0 Å². The van der Waals surface area contributed by atoms with Gasteiger partial charge < -0.3 is 9.47 Å². The lowest BCUT2D eigenvalue weighted by molar-refractivity contribution is 0.404. The molecule has 6 nitrogen and oxygen atoms in total. The van der Waals surface area contributed by atoms with Gasteiger partial charge >= 0.3 is 0 Å². The van der Waals surface area contributed by atoms with Gasteiger partial charge in [0, 0.05) is 17.3 Å². The molecule has 2 aromatic heterocycles. The minimum Gasteiger partial charge on any atom is -0.497 e. The Labute approximate surface area is 157 Å². The minimum atomic E-state index is 0.786. The van der Waals surface area contributed by atoms with Crippen molar-refractivity contribution >= 4 is 0 Å². The summed E-state index contributed by atoms with van der Waals surface area (Å²) in [6.07, 6.45) is 5.36. The van der Waals surface area contributed by atoms with Gasteiger partial charge in [-0.15, -0.1) is 5.10 Å². The van der Waals surface area contributed by atoms with Crippen molar-refractivity contribution in [1.82, 2.24) is 20.0 Å². The summed E-state index contributed by atoms with van der Waals surface area (Å²) < 4.78 is 12.5. The zero-order chi connectivity index (χ0) is 18.6. The summed E-state index contributed by atoms with van der Waals surface area (Å²) in [6, 6.07) is 17.7. The molecule has 0 atom stereocenters. The molecular formula is C21H18N4O2. The molecule has 4 aromatic rings. The quantitative estimate of drug-likeness (QED) is 0.539. The van der Waals surface area contributed by atoms with E-state index in [1.54, 1.807) is 31.3 Å². The van der Waals surface area contributed by atoms with Crippen LogP contribution in [0.5, 0.6) is 11.5 Å². The Morgan fingerprint density at radius 2 is 1.70 bits per heavy atom. The zero-order valence-electron chi connectivity index (χ0n) is 15.0. The molecule has 0 amide bonds. The van der Waals surface area contributed by atoms with Crippen LogP contribution in [0.4, 0.5) is 0 Å². The van der Waals surface area contributed by atoms with Gasteiger partial charge in [-0.3, -0.25) is 4.98 Å². The van der Waals surface area contributed by atoms with Gasteiger partial charge in [0.25, 0.3) is 0 Å². The fourth-order valence-electron chi connectivity index (χ4n) is 2.87. The molecule has 0 aliphatic carbocycles. The first-order valence-corrected chi connectivity index (χ1v) is 8.44. The molecule has 0 N–H and O–H groups in total. The van der Waals surface area contributed by atoms with E-state index >= 15 is 0 Å². The molecule has 0 saturated carbocycles. The first kappa shape index (κ1) is 16.8. The smallest absolute Gasteiger partial charge is 0.126 e. The van der Waals surface area contributed by atoms with Crippen molar-refractivity contribution in [2.24, 2.45) is 0 Å². The molecule has 0 aliphatic rings. The third-order valence-corrected chi connectivity index (χ3v) is 4.30. The minimum absolute atomic E-state index is 0.786. The number of ether oxygens (including phenoxy) is 2. The molecule has 0 spiro atoms. The Hall–Kier alpha value is -3.67. The molecular weight excluding hydrogens is 340 g/mol. The monoisotopic (exact) mass is 358 g/mol. The SMILES string of the molecule is COc1ccc(OC)c(-c2ccc(-c3cn(-c4cccnc4)nn3)cc2)c1. The highest BCUT2D eigenvalue weighted by Crippen LogP contribution is 2.34. The number of nitrogens with zero attached hydrogens (tertiary/aromatic N) is 4. The zero-order valence-corrected chi connectivity index (χ0v) is 15.0. The summed E-state index contributed by atoms with van der Waals surface area (Å²) in [5, 5.41) is 8.45. The van der Waals surface area contributed by atoms with E-state index in [0.717, 1.165) is 39.6 Å². The maximum absolute atomic E-state index is 5.48. The second-order valence-electron chi connectivity index (χ2n) is 5.90. The van der Waals surface area contributed by atoms with Crippen LogP contribution < -0.4 is 9.47 Å². The average molecular weight is 358 g/mol. The Bertz CT molecular complexity index is 1040. The van der Waals surface area contributed by atoms with Gasteiger partial charge in [-0.05, 0) is 35.9 Å². The molecule has 2 heterocycles. The molecule has 0 unspecified atom stereocenters. The van der Waals surface area contributed by atoms with Crippen molar-refractivity contribution in [1.29, 1.82) is 0 Å². The predicted molar refractivity (Wildman–Crippen MR) is 103 cm³/mol. The molecule has 0 fully saturated rings. The van der Waals surface area contributed by atoms with Crippen LogP contribution in [0.3, 0.4) is 0 Å². The van der Waals surface area contributed by atoms with Crippen molar-refractivity contribution in [3.63, 3.8) is 0 Å². The molecule has 0 radical (unpaired) electrons. The van der Waals surface area contributed by atoms with Crippen LogP contribution in [-0.2, 0) is 0 Å². The molecule has 2 aromatic carbocycles. The number of rotatable bonds is 5. The van der Waals surface area contributed by atoms with Crippen LogP contribution in [0.2, 0.25) is 0 Å². The van der Waals surface area contributed by atoms with Crippen molar-refractivity contribution in [3.8, 4) is 39.6 Å². The van der Waals surface area contributed by atoms with E-state index in [1.165, 1.54) is 0 Å². The highest BCUT2D eigenvalue weighted by molar-refractivity contribution is 5.74. The van der Waals surface area contributed by atoms with Gasteiger partial charge in [0.2, 0.25) is 0 Å². The Balaban J connectivity index is 1.65. The highest BCUT2D eigenvalue weighted by Gasteiger charge is 2.10. The molecule has 4 rings (SSSR count). The number of pyridine rings is 1. The number of benzene rings is 2. The van der Waals surface area contributed by atoms with Gasteiger partial charge in [-0.1, -0.05) is 29.5 Å². The van der Waals surface area contributed by atoms with Gasteiger partial charge in [0.15, 0.2) is 0 Å². The van der Waals surface area contributed by atoms with Gasteiger partial charge in [-0.25, -0.2) is 4.68 Å². The van der Waals surface area contributed by atoms with Gasteiger partial charge in [-0.2, -0.15) is 0 Å². The van der Waals surface area contributed by atoms with Crippen molar-refractivity contribution in [3.05, 3.63) is 73.2 Å². The third kappa shape index (κ3) is 3.37. The summed E-state index contributed by atoms with van der Waals surface area (Å²) in [5.41, 5.74) is 4.66. The van der Waals surface area contributed by atoms with Crippen LogP contribution in [0.1, 0.15) is 0 Å². The Morgan fingerprint density at radius 1 is 0.889 bits per heavy atom. The standard InChI is InChI=1S/C21H18N4O2/c1-26-18-9-10-21(27-2)19(12-18)15-5-7-16(8-6-15)20-14-25(24-23-20)17-4-3-11-22-13-17/h3-14H,1-2H3. The lowest BCUT2D eigenvalue weighted by Gasteiger charge is -2.11. The molecule has 6 heteroatoms. The predicted octanol–water partition coefficient (Wildman–Crippen LogP) is 4.01. The maximum Gasteiger partial charge on any atom is 0.126 e. The summed E-state index contributed by atoms with van der Waals surface area (Å²) in [6.45, 7) is 0.